The first kappa shape index (κ1) is 32.0. The maximum absolute atomic E-state index is 14.1. The van der Waals surface area contributed by atoms with Crippen LogP contribution >= 0.6 is 23.2 Å². The van der Waals surface area contributed by atoms with Gasteiger partial charge in [-0.15, -0.1) is 0 Å². The number of hydrogen-bond donors (Lipinski definition) is 2. The van der Waals surface area contributed by atoms with Crippen LogP contribution in [0.15, 0.2) is 53.4 Å². The molecule has 1 aliphatic carbocycles. The highest BCUT2D eigenvalue weighted by atomic mass is 35.5. The van der Waals surface area contributed by atoms with Crippen LogP contribution in [0.5, 0.6) is 0 Å². The lowest BCUT2D eigenvalue weighted by atomic mass is 9.94. The molecular formula is C30H35Cl2N3O6S. The number of rotatable bonds is 11. The third-order valence-corrected chi connectivity index (χ3v) is 10.7. The zero-order valence-corrected chi connectivity index (χ0v) is 26.1. The van der Waals surface area contributed by atoms with Crippen molar-refractivity contribution in [1.29, 1.82) is 0 Å². The molecule has 3 atom stereocenters. The molecule has 2 aliphatic rings. The van der Waals surface area contributed by atoms with Gasteiger partial charge in [-0.05, 0) is 69.4 Å². The van der Waals surface area contributed by atoms with E-state index in [1.807, 2.05) is 6.92 Å². The predicted molar refractivity (Wildman–Crippen MR) is 160 cm³/mol. The third kappa shape index (κ3) is 6.50. The fraction of sp³-hybridized carbons (Fsp3) is 0.467. The largest absolute Gasteiger partial charge is 0.347 e. The number of benzene rings is 2. The van der Waals surface area contributed by atoms with Gasteiger partial charge in [-0.25, -0.2) is 8.42 Å². The highest BCUT2D eigenvalue weighted by molar-refractivity contribution is 7.92. The van der Waals surface area contributed by atoms with Crippen LogP contribution in [-0.4, -0.2) is 66.7 Å². The number of ketones is 1. The summed E-state index contributed by atoms with van der Waals surface area (Å²) in [5.74, 6) is -2.66. The monoisotopic (exact) mass is 635 g/mol. The van der Waals surface area contributed by atoms with Crippen LogP contribution in [0.25, 0.3) is 0 Å². The van der Waals surface area contributed by atoms with E-state index in [9.17, 15) is 27.6 Å². The Kier molecular flexibility index (Phi) is 9.69. The maximum atomic E-state index is 14.1. The van der Waals surface area contributed by atoms with Gasteiger partial charge in [0.1, 0.15) is 6.04 Å². The lowest BCUT2D eigenvalue weighted by Crippen LogP contribution is -2.54. The number of halogens is 2. The van der Waals surface area contributed by atoms with Gasteiger partial charge in [0.2, 0.25) is 17.6 Å². The van der Waals surface area contributed by atoms with E-state index in [4.69, 9.17) is 23.2 Å². The summed E-state index contributed by atoms with van der Waals surface area (Å²) >= 11 is 12.3. The molecule has 42 heavy (non-hydrogen) atoms. The molecule has 1 unspecified atom stereocenters. The van der Waals surface area contributed by atoms with Crippen LogP contribution in [0.3, 0.4) is 0 Å². The van der Waals surface area contributed by atoms with Crippen LogP contribution < -0.4 is 10.6 Å². The number of Topliss-reactive ketones (excluding diaryl/α,β-unsaturated/α-hetero) is 1. The number of likely N-dealkylation sites (tertiary alicyclic amines) is 1. The van der Waals surface area contributed by atoms with Crippen molar-refractivity contribution >= 4 is 56.5 Å². The molecular weight excluding hydrogens is 601 g/mol. The Balaban J connectivity index is 1.66. The van der Waals surface area contributed by atoms with Crippen LogP contribution in [-0.2, 0) is 34.4 Å². The molecule has 2 aromatic rings. The molecule has 2 aromatic carbocycles. The Bertz CT molecular complexity index is 1470. The van der Waals surface area contributed by atoms with Crippen molar-refractivity contribution in [3.05, 3.63) is 64.1 Å². The van der Waals surface area contributed by atoms with Gasteiger partial charge in [0, 0.05) is 17.6 Å². The average Bonchev–Trinajstić information content (AvgIpc) is 3.62. The Morgan fingerprint density at radius 1 is 1.00 bits per heavy atom. The molecule has 12 heteroatoms. The third-order valence-electron chi connectivity index (χ3n) is 7.82. The van der Waals surface area contributed by atoms with Crippen LogP contribution in [0, 0.1) is 0 Å². The zero-order valence-electron chi connectivity index (χ0n) is 23.7. The molecule has 0 radical (unpaired) electrons. The highest BCUT2D eigenvalue weighted by Crippen LogP contribution is 2.51. The summed E-state index contributed by atoms with van der Waals surface area (Å²) in [6.07, 6.45) is 1.58. The van der Waals surface area contributed by atoms with E-state index >= 15 is 0 Å². The summed E-state index contributed by atoms with van der Waals surface area (Å²) in [5.41, 5.74) is -0.167. The van der Waals surface area contributed by atoms with Crippen molar-refractivity contribution < 1.29 is 27.6 Å². The molecule has 3 amide bonds. The molecule has 2 fully saturated rings. The number of carbonyl (C=O) groups is 4. The standard InChI is InChI=1S/C30H35Cl2N3O6S/c1-4-7-23(26(36)28(38)33-18(2)3)34-27(37)24-16-21(42(40,41)25-9-6-5-8-22(25)32)17-35(24)29(39)30(14-15-30)19-10-12-20(31)13-11-19/h5-6,8-13,18,21,23-24H,4,7,14-17H2,1-3H3,(H,33,38)(H,34,37)/t21-,23?,24+/m1/s1. The fourth-order valence-electron chi connectivity index (χ4n) is 5.46. The highest BCUT2D eigenvalue weighted by Gasteiger charge is 2.57. The van der Waals surface area contributed by atoms with Crippen molar-refractivity contribution in [1.82, 2.24) is 15.5 Å². The van der Waals surface area contributed by atoms with Gasteiger partial charge in [0.25, 0.3) is 5.91 Å². The fourth-order valence-corrected chi connectivity index (χ4v) is 7.81. The summed E-state index contributed by atoms with van der Waals surface area (Å²) in [6, 6.07) is 10.4. The van der Waals surface area contributed by atoms with E-state index in [1.165, 1.54) is 17.0 Å². The topological polar surface area (TPSA) is 130 Å². The maximum Gasteiger partial charge on any atom is 0.289 e. The molecule has 0 bridgehead atoms. The second kappa shape index (κ2) is 12.7. The van der Waals surface area contributed by atoms with E-state index in [2.05, 4.69) is 10.6 Å². The zero-order chi connectivity index (χ0) is 30.8. The summed E-state index contributed by atoms with van der Waals surface area (Å²) < 4.78 is 27.4. The second-order valence-electron chi connectivity index (χ2n) is 11.2. The molecule has 1 aliphatic heterocycles. The predicted octanol–water partition coefficient (Wildman–Crippen LogP) is 3.85. The Morgan fingerprint density at radius 2 is 1.64 bits per heavy atom. The van der Waals surface area contributed by atoms with E-state index < -0.39 is 50.2 Å². The van der Waals surface area contributed by atoms with Gasteiger partial charge in [-0.2, -0.15) is 0 Å². The number of nitrogens with one attached hydrogen (secondary N) is 2. The molecule has 9 nitrogen and oxygen atoms in total. The lowest BCUT2D eigenvalue weighted by molar-refractivity contribution is -0.143. The van der Waals surface area contributed by atoms with E-state index in [1.54, 1.807) is 50.2 Å². The second-order valence-corrected chi connectivity index (χ2v) is 14.3. The van der Waals surface area contributed by atoms with Crippen LogP contribution in [0.1, 0.15) is 58.4 Å². The van der Waals surface area contributed by atoms with Gasteiger partial charge in [-0.3, -0.25) is 19.2 Å². The summed E-state index contributed by atoms with van der Waals surface area (Å²) in [6.45, 7) is 5.02. The van der Waals surface area contributed by atoms with E-state index in [0.29, 0.717) is 24.3 Å². The van der Waals surface area contributed by atoms with Gasteiger partial charge in [0.05, 0.1) is 26.6 Å². The van der Waals surface area contributed by atoms with Crippen molar-refractivity contribution in [3.8, 4) is 0 Å². The van der Waals surface area contributed by atoms with E-state index in [0.717, 1.165) is 5.56 Å². The first-order chi connectivity index (χ1) is 19.8. The van der Waals surface area contributed by atoms with E-state index in [-0.39, 0.29) is 41.3 Å². The molecule has 4 rings (SSSR count). The van der Waals surface area contributed by atoms with Crippen molar-refractivity contribution in [3.63, 3.8) is 0 Å². The smallest absolute Gasteiger partial charge is 0.289 e. The molecule has 1 saturated carbocycles. The molecule has 1 saturated heterocycles. The number of amides is 3. The van der Waals surface area contributed by atoms with Gasteiger partial charge >= 0.3 is 0 Å². The lowest BCUT2D eigenvalue weighted by Gasteiger charge is -2.29. The number of hydrogen-bond acceptors (Lipinski definition) is 6. The number of sulfone groups is 1. The van der Waals surface area contributed by atoms with Crippen LogP contribution in [0.4, 0.5) is 0 Å². The molecule has 1 heterocycles. The minimum atomic E-state index is -4.03. The van der Waals surface area contributed by atoms with Crippen molar-refractivity contribution in [2.45, 2.75) is 86.6 Å². The van der Waals surface area contributed by atoms with Crippen LogP contribution in [0.2, 0.25) is 10.0 Å². The number of carbonyl (C=O) groups excluding carboxylic acids is 4. The minimum Gasteiger partial charge on any atom is -0.347 e. The van der Waals surface area contributed by atoms with Crippen molar-refractivity contribution in [2.75, 3.05) is 6.54 Å². The minimum absolute atomic E-state index is 0.0490. The normalized spacial score (nSPS) is 20.2. The molecule has 0 aromatic heterocycles. The Morgan fingerprint density at radius 3 is 2.21 bits per heavy atom. The van der Waals surface area contributed by atoms with Gasteiger partial charge in [-0.1, -0.05) is 60.8 Å². The van der Waals surface area contributed by atoms with Crippen molar-refractivity contribution in [2.24, 2.45) is 0 Å². The first-order valence-corrected chi connectivity index (χ1v) is 16.3. The molecule has 226 valence electrons. The summed E-state index contributed by atoms with van der Waals surface area (Å²) in [7, 11) is -4.03. The SMILES string of the molecule is CCCC(NC(=O)[C@@H]1C[C@@H](S(=O)(=O)c2ccccc2Cl)CN1C(=O)C1(c2ccc(Cl)cc2)CC1)C(=O)C(=O)NC(C)C. The van der Waals surface area contributed by atoms with Gasteiger partial charge < -0.3 is 15.5 Å². The molecule has 2 N–H and O–H groups in total. The quantitative estimate of drug-likeness (QED) is 0.361. The average molecular weight is 637 g/mol. The van der Waals surface area contributed by atoms with Gasteiger partial charge in [0.15, 0.2) is 9.84 Å². The molecule has 0 spiro atoms. The Hall–Kier alpha value is -2.95. The summed E-state index contributed by atoms with van der Waals surface area (Å²) in [5, 5.41) is 4.66. The first-order valence-electron chi connectivity index (χ1n) is 14.0. The Labute approximate surface area is 256 Å². The summed E-state index contributed by atoms with van der Waals surface area (Å²) in [4.78, 5) is 54.5. The number of nitrogens with zero attached hydrogens (tertiary/aromatic N) is 1.